The minimum atomic E-state index is -0.684. The van der Waals surface area contributed by atoms with Crippen LogP contribution in [0.3, 0.4) is 0 Å². The van der Waals surface area contributed by atoms with Crippen LogP contribution >= 0.6 is 22.7 Å². The van der Waals surface area contributed by atoms with E-state index in [1.807, 2.05) is 13.0 Å². The fraction of sp³-hybridized carbons (Fsp3) is 0.385. The molecule has 1 unspecified atom stereocenters. The number of hydrogen-bond donors (Lipinski definition) is 2. The summed E-state index contributed by atoms with van der Waals surface area (Å²) >= 11 is 3.14. The van der Waals surface area contributed by atoms with Crippen molar-refractivity contribution in [3.8, 4) is 10.6 Å². The van der Waals surface area contributed by atoms with Gasteiger partial charge in [-0.25, -0.2) is 4.98 Å². The van der Waals surface area contributed by atoms with Crippen molar-refractivity contribution in [2.45, 2.75) is 19.9 Å². The molecular formula is C13H17N3O2S2. The molecule has 0 aliphatic rings. The van der Waals surface area contributed by atoms with E-state index >= 15 is 0 Å². The van der Waals surface area contributed by atoms with Gasteiger partial charge in [0.1, 0.15) is 6.04 Å². The summed E-state index contributed by atoms with van der Waals surface area (Å²) in [6.45, 7) is 4.24. The van der Waals surface area contributed by atoms with E-state index in [2.05, 4.69) is 23.3 Å². The largest absolute Gasteiger partial charge is 0.383 e. The highest BCUT2D eigenvalue weighted by Crippen LogP contribution is 2.34. The molecule has 3 N–H and O–H groups in total. The number of aromatic nitrogens is 1. The number of nitrogens with one attached hydrogen (secondary N) is 1. The third-order valence-electron chi connectivity index (χ3n) is 2.68. The van der Waals surface area contributed by atoms with Gasteiger partial charge in [0, 0.05) is 16.9 Å². The van der Waals surface area contributed by atoms with Gasteiger partial charge in [-0.05, 0) is 26.0 Å². The molecule has 0 saturated heterocycles. The number of methoxy groups -OCH3 is 1. The van der Waals surface area contributed by atoms with Gasteiger partial charge in [-0.15, -0.1) is 22.7 Å². The number of thiophene rings is 1. The van der Waals surface area contributed by atoms with E-state index in [-0.39, 0.29) is 12.5 Å². The van der Waals surface area contributed by atoms with Crippen LogP contribution in [0, 0.1) is 13.8 Å². The van der Waals surface area contributed by atoms with Gasteiger partial charge in [0.25, 0.3) is 0 Å². The molecule has 0 aliphatic carbocycles. The first-order valence-corrected chi connectivity index (χ1v) is 7.74. The molecule has 1 atom stereocenters. The number of aryl methyl sites for hydroxylation is 2. The molecule has 0 aliphatic heterocycles. The average molecular weight is 311 g/mol. The van der Waals surface area contributed by atoms with Crippen molar-refractivity contribution < 1.29 is 9.53 Å². The maximum atomic E-state index is 11.8. The van der Waals surface area contributed by atoms with Crippen LogP contribution in [0.15, 0.2) is 12.1 Å². The molecule has 5 nitrogen and oxygen atoms in total. The van der Waals surface area contributed by atoms with Crippen LogP contribution in [-0.2, 0) is 9.53 Å². The van der Waals surface area contributed by atoms with Crippen LogP contribution in [0.2, 0.25) is 0 Å². The molecule has 1 amide bonds. The third kappa shape index (κ3) is 3.43. The number of hydrogen-bond acceptors (Lipinski definition) is 6. The Hall–Kier alpha value is -1.28. The second-order valence-corrected chi connectivity index (χ2v) is 6.88. The highest BCUT2D eigenvalue weighted by Gasteiger charge is 2.17. The monoisotopic (exact) mass is 311 g/mol. The van der Waals surface area contributed by atoms with Crippen LogP contribution in [0.4, 0.5) is 5.13 Å². The standard InChI is InChI=1S/C13H17N3O2S2/c1-7-4-5-10(19-7)11-8(2)20-13(15-11)16-12(17)9(14)6-18-3/h4-5,9H,6,14H2,1-3H3,(H,15,16,17). The number of thiazole rings is 1. The lowest BCUT2D eigenvalue weighted by atomic mass is 10.3. The second-order valence-electron chi connectivity index (χ2n) is 4.39. The lowest BCUT2D eigenvalue weighted by molar-refractivity contribution is -0.118. The van der Waals surface area contributed by atoms with E-state index in [9.17, 15) is 4.79 Å². The van der Waals surface area contributed by atoms with Crippen LogP contribution in [0.5, 0.6) is 0 Å². The molecule has 0 radical (unpaired) electrons. The highest BCUT2D eigenvalue weighted by molar-refractivity contribution is 7.18. The van der Waals surface area contributed by atoms with Crippen molar-refractivity contribution in [3.05, 3.63) is 21.9 Å². The third-order valence-corrected chi connectivity index (χ3v) is 4.58. The summed E-state index contributed by atoms with van der Waals surface area (Å²) in [4.78, 5) is 19.7. The second kappa shape index (κ2) is 6.45. The van der Waals surface area contributed by atoms with E-state index in [1.165, 1.54) is 23.3 Å². The first-order valence-electron chi connectivity index (χ1n) is 6.11. The molecular weight excluding hydrogens is 294 g/mol. The van der Waals surface area contributed by atoms with Crippen LogP contribution in [0.1, 0.15) is 9.75 Å². The molecule has 7 heteroatoms. The summed E-state index contributed by atoms with van der Waals surface area (Å²) in [7, 11) is 1.51. The van der Waals surface area contributed by atoms with Crippen LogP contribution in [-0.4, -0.2) is 30.6 Å². The van der Waals surface area contributed by atoms with E-state index in [4.69, 9.17) is 10.5 Å². The predicted octanol–water partition coefficient (Wildman–Crippen LogP) is 2.40. The lowest BCUT2D eigenvalue weighted by Gasteiger charge is -2.08. The Morgan fingerprint density at radius 3 is 2.80 bits per heavy atom. The van der Waals surface area contributed by atoms with E-state index in [1.54, 1.807) is 11.3 Å². The number of rotatable bonds is 5. The zero-order chi connectivity index (χ0) is 14.7. The maximum Gasteiger partial charge on any atom is 0.245 e. The zero-order valence-electron chi connectivity index (χ0n) is 11.6. The number of carbonyl (C=O) groups is 1. The molecule has 0 fully saturated rings. The summed E-state index contributed by atoms with van der Waals surface area (Å²) in [6.07, 6.45) is 0. The average Bonchev–Trinajstić information content (AvgIpc) is 2.96. The van der Waals surface area contributed by atoms with Crippen LogP contribution < -0.4 is 11.1 Å². The van der Waals surface area contributed by atoms with Gasteiger partial charge in [0.2, 0.25) is 5.91 Å². The predicted molar refractivity (Wildman–Crippen MR) is 83.4 cm³/mol. The topological polar surface area (TPSA) is 77.2 Å². The van der Waals surface area contributed by atoms with Crippen molar-refractivity contribution in [2.75, 3.05) is 19.0 Å². The minimum Gasteiger partial charge on any atom is -0.383 e. The quantitative estimate of drug-likeness (QED) is 0.889. The Kier molecular flexibility index (Phi) is 4.87. The SMILES string of the molecule is COCC(N)C(=O)Nc1nc(-c2ccc(C)s2)c(C)s1. The van der Waals surface area contributed by atoms with Gasteiger partial charge in [-0.1, -0.05) is 0 Å². The number of nitrogens with zero attached hydrogens (tertiary/aromatic N) is 1. The van der Waals surface area contributed by atoms with Crippen molar-refractivity contribution in [1.29, 1.82) is 0 Å². The van der Waals surface area contributed by atoms with Crippen molar-refractivity contribution in [1.82, 2.24) is 4.98 Å². The summed E-state index contributed by atoms with van der Waals surface area (Å²) in [5.74, 6) is -0.283. The van der Waals surface area contributed by atoms with Crippen molar-refractivity contribution >= 4 is 33.7 Å². The fourth-order valence-electron chi connectivity index (χ4n) is 1.69. The summed E-state index contributed by atoms with van der Waals surface area (Å²) in [5, 5.41) is 3.30. The number of nitrogens with two attached hydrogens (primary N) is 1. The van der Waals surface area contributed by atoms with Gasteiger partial charge >= 0.3 is 0 Å². The molecule has 2 heterocycles. The first-order chi connectivity index (χ1) is 9.51. The maximum absolute atomic E-state index is 11.8. The highest BCUT2D eigenvalue weighted by atomic mass is 32.1. The zero-order valence-corrected chi connectivity index (χ0v) is 13.2. The van der Waals surface area contributed by atoms with E-state index in [0.717, 1.165) is 15.4 Å². The molecule has 2 aromatic heterocycles. The van der Waals surface area contributed by atoms with Gasteiger partial charge < -0.3 is 15.8 Å². The molecule has 0 spiro atoms. The Balaban J connectivity index is 2.13. The Morgan fingerprint density at radius 1 is 1.45 bits per heavy atom. The molecule has 0 saturated carbocycles. The lowest BCUT2D eigenvalue weighted by Crippen LogP contribution is -2.39. The van der Waals surface area contributed by atoms with Crippen molar-refractivity contribution in [3.63, 3.8) is 0 Å². The summed E-state index contributed by atoms with van der Waals surface area (Å²) < 4.78 is 4.86. The Bertz CT molecular complexity index is 607. The molecule has 108 valence electrons. The Morgan fingerprint density at radius 2 is 2.20 bits per heavy atom. The number of carbonyl (C=O) groups excluding carboxylic acids is 1. The first kappa shape index (κ1) is 15.1. The summed E-state index contributed by atoms with van der Waals surface area (Å²) in [6, 6.07) is 3.42. The fourth-order valence-corrected chi connectivity index (χ4v) is 3.50. The van der Waals surface area contributed by atoms with Crippen molar-refractivity contribution in [2.24, 2.45) is 5.73 Å². The molecule has 0 aromatic carbocycles. The van der Waals surface area contributed by atoms with Crippen LogP contribution in [0.25, 0.3) is 10.6 Å². The molecule has 2 rings (SSSR count). The van der Waals surface area contributed by atoms with E-state index in [0.29, 0.717) is 5.13 Å². The number of anilines is 1. The molecule has 20 heavy (non-hydrogen) atoms. The normalized spacial score (nSPS) is 12.4. The van der Waals surface area contributed by atoms with Gasteiger partial charge in [0.05, 0.1) is 17.2 Å². The smallest absolute Gasteiger partial charge is 0.245 e. The Labute approximate surface area is 125 Å². The molecule has 0 bridgehead atoms. The van der Waals surface area contributed by atoms with E-state index < -0.39 is 6.04 Å². The number of amides is 1. The number of ether oxygens (including phenoxy) is 1. The van der Waals surface area contributed by atoms with Gasteiger partial charge in [0.15, 0.2) is 5.13 Å². The van der Waals surface area contributed by atoms with Gasteiger partial charge in [-0.2, -0.15) is 0 Å². The van der Waals surface area contributed by atoms with Gasteiger partial charge in [-0.3, -0.25) is 4.79 Å². The summed E-state index contributed by atoms with van der Waals surface area (Å²) in [5.41, 5.74) is 6.60. The minimum absolute atomic E-state index is 0.188. The molecule has 2 aromatic rings.